The van der Waals surface area contributed by atoms with E-state index in [0.717, 1.165) is 6.26 Å². The van der Waals surface area contributed by atoms with Crippen LogP contribution in [-0.4, -0.2) is 27.3 Å². The van der Waals surface area contributed by atoms with Gasteiger partial charge in [0.2, 0.25) is 10.0 Å². The van der Waals surface area contributed by atoms with Gasteiger partial charge in [0.1, 0.15) is 6.10 Å². The van der Waals surface area contributed by atoms with Crippen LogP contribution < -0.4 is 9.46 Å². The van der Waals surface area contributed by atoms with Gasteiger partial charge in [0, 0.05) is 6.54 Å². The molecular formula is C11H16FNO3S. The van der Waals surface area contributed by atoms with Crippen LogP contribution in [0.5, 0.6) is 5.75 Å². The zero-order valence-electron chi connectivity index (χ0n) is 9.81. The minimum Gasteiger partial charge on any atom is -0.486 e. The number of para-hydroxylation sites is 1. The van der Waals surface area contributed by atoms with Gasteiger partial charge in [-0.05, 0) is 18.6 Å². The SMILES string of the molecule is CC[C@@H](CNS(C)(=O)=O)Oc1ccccc1F. The second-order valence-electron chi connectivity index (χ2n) is 3.70. The third-order valence-corrected chi connectivity index (χ3v) is 2.85. The molecule has 0 radical (unpaired) electrons. The molecule has 1 aromatic rings. The van der Waals surface area contributed by atoms with Crippen molar-refractivity contribution >= 4 is 10.0 Å². The Balaban J connectivity index is 2.61. The van der Waals surface area contributed by atoms with Crippen LogP contribution in [0.2, 0.25) is 0 Å². The summed E-state index contributed by atoms with van der Waals surface area (Å²) in [6.07, 6.45) is 1.27. The predicted octanol–water partition coefficient (Wildman–Crippen LogP) is 1.53. The molecule has 0 aliphatic rings. The first-order valence-electron chi connectivity index (χ1n) is 5.28. The van der Waals surface area contributed by atoms with Gasteiger partial charge in [-0.1, -0.05) is 19.1 Å². The molecule has 1 atom stereocenters. The van der Waals surface area contributed by atoms with Crippen molar-refractivity contribution in [3.05, 3.63) is 30.1 Å². The molecule has 1 aromatic carbocycles. The summed E-state index contributed by atoms with van der Waals surface area (Å²) >= 11 is 0. The lowest BCUT2D eigenvalue weighted by Gasteiger charge is -2.17. The highest BCUT2D eigenvalue weighted by atomic mass is 32.2. The van der Waals surface area contributed by atoms with Gasteiger partial charge in [-0.2, -0.15) is 0 Å². The highest BCUT2D eigenvalue weighted by Crippen LogP contribution is 2.17. The van der Waals surface area contributed by atoms with Crippen molar-refractivity contribution in [2.45, 2.75) is 19.4 Å². The van der Waals surface area contributed by atoms with Crippen LogP contribution >= 0.6 is 0 Å². The summed E-state index contributed by atoms with van der Waals surface area (Å²) < 4.78 is 42.9. The van der Waals surface area contributed by atoms with E-state index in [1.54, 1.807) is 12.1 Å². The van der Waals surface area contributed by atoms with Crippen LogP contribution in [0.15, 0.2) is 24.3 Å². The van der Waals surface area contributed by atoms with E-state index in [9.17, 15) is 12.8 Å². The van der Waals surface area contributed by atoms with Gasteiger partial charge in [-0.25, -0.2) is 17.5 Å². The Morgan fingerprint density at radius 1 is 1.41 bits per heavy atom. The van der Waals surface area contributed by atoms with E-state index >= 15 is 0 Å². The first-order chi connectivity index (χ1) is 7.92. The molecule has 0 heterocycles. The van der Waals surface area contributed by atoms with Crippen molar-refractivity contribution in [3.63, 3.8) is 0 Å². The molecule has 0 aliphatic carbocycles. The average molecular weight is 261 g/mol. The van der Waals surface area contributed by atoms with Crippen molar-refractivity contribution in [2.24, 2.45) is 0 Å². The Hall–Kier alpha value is -1.14. The summed E-state index contributed by atoms with van der Waals surface area (Å²) in [4.78, 5) is 0. The van der Waals surface area contributed by atoms with Crippen molar-refractivity contribution in [1.29, 1.82) is 0 Å². The molecule has 0 bridgehead atoms. The zero-order chi connectivity index (χ0) is 12.9. The second-order valence-corrected chi connectivity index (χ2v) is 5.53. The number of nitrogens with one attached hydrogen (secondary N) is 1. The van der Waals surface area contributed by atoms with Gasteiger partial charge in [0.05, 0.1) is 6.26 Å². The largest absolute Gasteiger partial charge is 0.486 e. The molecular weight excluding hydrogens is 245 g/mol. The van der Waals surface area contributed by atoms with Crippen molar-refractivity contribution in [1.82, 2.24) is 4.72 Å². The lowest BCUT2D eigenvalue weighted by Crippen LogP contribution is -2.34. The Kier molecular flexibility index (Phi) is 4.89. The van der Waals surface area contributed by atoms with Gasteiger partial charge < -0.3 is 4.74 Å². The third-order valence-electron chi connectivity index (χ3n) is 2.16. The lowest BCUT2D eigenvalue weighted by molar-refractivity contribution is 0.192. The number of sulfonamides is 1. The highest BCUT2D eigenvalue weighted by molar-refractivity contribution is 7.88. The molecule has 1 rings (SSSR count). The van der Waals surface area contributed by atoms with Gasteiger partial charge in [0.15, 0.2) is 11.6 Å². The molecule has 0 amide bonds. The van der Waals surface area contributed by atoms with Gasteiger partial charge >= 0.3 is 0 Å². The van der Waals surface area contributed by atoms with Crippen molar-refractivity contribution < 1.29 is 17.5 Å². The maximum absolute atomic E-state index is 13.3. The third kappa shape index (κ3) is 5.14. The fourth-order valence-corrected chi connectivity index (χ4v) is 1.72. The van der Waals surface area contributed by atoms with Crippen molar-refractivity contribution in [3.8, 4) is 5.75 Å². The molecule has 1 N–H and O–H groups in total. The predicted molar refractivity (Wildman–Crippen MR) is 64.0 cm³/mol. The quantitative estimate of drug-likeness (QED) is 0.845. The van der Waals surface area contributed by atoms with Crippen LogP contribution in [0.3, 0.4) is 0 Å². The molecule has 0 fully saturated rings. The second kappa shape index (κ2) is 5.97. The number of hydrogen-bond acceptors (Lipinski definition) is 3. The Morgan fingerprint density at radius 3 is 2.59 bits per heavy atom. The summed E-state index contributed by atoms with van der Waals surface area (Å²) in [5.74, 6) is -0.319. The van der Waals surface area contributed by atoms with E-state index in [4.69, 9.17) is 4.74 Å². The summed E-state index contributed by atoms with van der Waals surface area (Å²) in [6.45, 7) is 1.97. The van der Waals surface area contributed by atoms with Crippen LogP contribution in [-0.2, 0) is 10.0 Å². The zero-order valence-corrected chi connectivity index (χ0v) is 10.6. The molecule has 96 valence electrons. The van der Waals surface area contributed by atoms with E-state index in [2.05, 4.69) is 4.72 Å². The molecule has 4 nitrogen and oxygen atoms in total. The standard InChI is InChI=1S/C11H16FNO3S/c1-3-9(8-13-17(2,14)15)16-11-7-5-4-6-10(11)12/h4-7,9,13H,3,8H2,1-2H3/t9-/m0/s1. The lowest BCUT2D eigenvalue weighted by atomic mass is 10.2. The van der Waals surface area contributed by atoms with Crippen LogP contribution in [0, 0.1) is 5.82 Å². The van der Waals surface area contributed by atoms with E-state index < -0.39 is 15.8 Å². The Labute approximate surface area is 101 Å². The Bertz CT molecular complexity index is 462. The molecule has 0 saturated heterocycles. The molecule has 0 aliphatic heterocycles. The molecule has 0 saturated carbocycles. The number of benzene rings is 1. The number of halogens is 1. The maximum Gasteiger partial charge on any atom is 0.208 e. The van der Waals surface area contributed by atoms with Crippen LogP contribution in [0.25, 0.3) is 0 Å². The van der Waals surface area contributed by atoms with E-state index in [1.165, 1.54) is 12.1 Å². The van der Waals surface area contributed by atoms with Gasteiger partial charge in [-0.15, -0.1) is 0 Å². The van der Waals surface area contributed by atoms with Crippen molar-refractivity contribution in [2.75, 3.05) is 12.8 Å². The van der Waals surface area contributed by atoms with E-state index in [1.807, 2.05) is 6.92 Å². The fourth-order valence-electron chi connectivity index (χ4n) is 1.23. The van der Waals surface area contributed by atoms with Gasteiger partial charge in [0.25, 0.3) is 0 Å². The monoisotopic (exact) mass is 261 g/mol. The number of rotatable bonds is 6. The normalized spacial score (nSPS) is 13.4. The summed E-state index contributed by atoms with van der Waals surface area (Å²) in [5.41, 5.74) is 0. The average Bonchev–Trinajstić information content (AvgIpc) is 2.25. The summed E-state index contributed by atoms with van der Waals surface area (Å²) in [7, 11) is -3.26. The minimum atomic E-state index is -3.26. The van der Waals surface area contributed by atoms with E-state index in [-0.39, 0.29) is 18.4 Å². The van der Waals surface area contributed by atoms with E-state index in [0.29, 0.717) is 6.42 Å². The van der Waals surface area contributed by atoms with Crippen LogP contribution in [0.4, 0.5) is 4.39 Å². The molecule has 6 heteroatoms. The molecule has 0 spiro atoms. The van der Waals surface area contributed by atoms with Crippen LogP contribution in [0.1, 0.15) is 13.3 Å². The summed E-state index contributed by atoms with van der Waals surface area (Å²) in [6, 6.07) is 6.04. The molecule has 0 unspecified atom stereocenters. The minimum absolute atomic E-state index is 0.129. The Morgan fingerprint density at radius 2 is 2.06 bits per heavy atom. The maximum atomic E-state index is 13.3. The topological polar surface area (TPSA) is 55.4 Å². The first kappa shape index (κ1) is 13.9. The fraction of sp³-hybridized carbons (Fsp3) is 0.455. The molecule has 0 aromatic heterocycles. The first-order valence-corrected chi connectivity index (χ1v) is 7.17. The highest BCUT2D eigenvalue weighted by Gasteiger charge is 2.13. The smallest absolute Gasteiger partial charge is 0.208 e. The number of ether oxygens (including phenoxy) is 1. The summed E-state index contributed by atoms with van der Waals surface area (Å²) in [5, 5.41) is 0. The van der Waals surface area contributed by atoms with Gasteiger partial charge in [-0.3, -0.25) is 0 Å². The number of hydrogen-bond donors (Lipinski definition) is 1. The molecule has 17 heavy (non-hydrogen) atoms.